The van der Waals surface area contributed by atoms with Crippen LogP contribution in [0.3, 0.4) is 0 Å². The van der Waals surface area contributed by atoms with Gasteiger partial charge in [0.05, 0.1) is 24.9 Å². The monoisotopic (exact) mass is 528 g/mol. The van der Waals surface area contributed by atoms with E-state index in [0.29, 0.717) is 25.3 Å². The number of carbonyl (C=O) groups is 1. The second kappa shape index (κ2) is 14.2. The molecule has 6 nitrogen and oxygen atoms in total. The van der Waals surface area contributed by atoms with Gasteiger partial charge in [-0.1, -0.05) is 60.1 Å². The fourth-order valence-corrected chi connectivity index (χ4v) is 5.55. The minimum Gasteiger partial charge on any atom is -0.493 e. The molecule has 1 heterocycles. The molecule has 0 radical (unpaired) electrons. The zero-order chi connectivity index (χ0) is 28.5. The smallest absolute Gasteiger partial charge is 0.268 e. The quantitative estimate of drug-likeness (QED) is 0.236. The largest absolute Gasteiger partial charge is 0.493 e. The van der Waals surface area contributed by atoms with Crippen LogP contribution in [0.25, 0.3) is 0 Å². The molecule has 0 spiro atoms. The first kappa shape index (κ1) is 31.9. The van der Waals surface area contributed by atoms with E-state index in [0.717, 1.165) is 49.1 Å². The predicted molar refractivity (Wildman–Crippen MR) is 156 cm³/mol. The van der Waals surface area contributed by atoms with Crippen LogP contribution in [0, 0.1) is 12.8 Å². The number of amides is 1. The Morgan fingerprint density at radius 3 is 2.18 bits per heavy atom. The molecule has 0 aliphatic heterocycles. The molecular weight excluding hydrogens is 476 g/mol. The van der Waals surface area contributed by atoms with Crippen molar-refractivity contribution in [2.75, 3.05) is 13.2 Å². The molecule has 6 heteroatoms. The lowest BCUT2D eigenvalue weighted by Crippen LogP contribution is -2.42. The molecule has 214 valence electrons. The third kappa shape index (κ3) is 6.81. The van der Waals surface area contributed by atoms with Crippen LogP contribution < -0.4 is 10.1 Å². The van der Waals surface area contributed by atoms with E-state index in [1.54, 1.807) is 0 Å². The number of aryl methyl sites for hydroxylation is 1. The Kier molecular flexibility index (Phi) is 11.9. The van der Waals surface area contributed by atoms with Crippen LogP contribution >= 0.6 is 0 Å². The highest BCUT2D eigenvalue weighted by Gasteiger charge is 2.35. The molecular formula is C32H52N2O4. The number of benzene rings is 1. The van der Waals surface area contributed by atoms with Crippen LogP contribution in [0.5, 0.6) is 5.75 Å². The summed E-state index contributed by atoms with van der Waals surface area (Å²) in [5, 5.41) is 23.5. The number of rotatable bonds is 16. The summed E-state index contributed by atoms with van der Waals surface area (Å²) in [6.45, 7) is 17.8. The number of nitrogens with one attached hydrogen (secondary N) is 1. The molecule has 0 bridgehead atoms. The Balaban J connectivity index is 2.38. The van der Waals surface area contributed by atoms with E-state index in [1.807, 2.05) is 32.9 Å². The molecule has 2 unspecified atom stereocenters. The van der Waals surface area contributed by atoms with Gasteiger partial charge in [-0.25, -0.2) is 0 Å². The molecule has 0 saturated carbocycles. The zero-order valence-corrected chi connectivity index (χ0v) is 25.1. The number of nitrogens with zero attached hydrogens (tertiary/aromatic N) is 1. The topological polar surface area (TPSA) is 83.7 Å². The number of aliphatic hydroxyl groups excluding tert-OH is 1. The summed E-state index contributed by atoms with van der Waals surface area (Å²) in [4.78, 5) is 13.3. The number of hydrogen-bond acceptors (Lipinski definition) is 4. The highest BCUT2D eigenvalue weighted by molar-refractivity contribution is 5.93. The maximum atomic E-state index is 13.3. The molecule has 0 saturated heterocycles. The Bertz CT molecular complexity index is 1020. The number of aliphatic hydroxyl groups is 2. The van der Waals surface area contributed by atoms with Gasteiger partial charge in [0.15, 0.2) is 0 Å². The van der Waals surface area contributed by atoms with E-state index in [-0.39, 0.29) is 29.9 Å². The first-order chi connectivity index (χ1) is 18.1. The maximum Gasteiger partial charge on any atom is 0.268 e. The summed E-state index contributed by atoms with van der Waals surface area (Å²) in [7, 11) is 0. The van der Waals surface area contributed by atoms with E-state index in [9.17, 15) is 15.0 Å². The molecule has 2 atom stereocenters. The van der Waals surface area contributed by atoms with Crippen molar-refractivity contribution in [3.8, 4) is 5.75 Å². The van der Waals surface area contributed by atoms with Crippen LogP contribution in [-0.4, -0.2) is 45.5 Å². The lowest BCUT2D eigenvalue weighted by molar-refractivity contribution is 0.0116. The summed E-state index contributed by atoms with van der Waals surface area (Å²) >= 11 is 0. The van der Waals surface area contributed by atoms with Crippen molar-refractivity contribution in [2.24, 2.45) is 5.92 Å². The molecule has 3 N–H and O–H groups in total. The van der Waals surface area contributed by atoms with E-state index >= 15 is 0 Å². The normalized spacial score (nSPS) is 13.8. The van der Waals surface area contributed by atoms with Crippen molar-refractivity contribution >= 4 is 5.91 Å². The van der Waals surface area contributed by atoms with Crippen molar-refractivity contribution in [3.05, 3.63) is 52.8 Å². The SMILES string of the molecule is CCC(C)C(CO)NC(=O)c1ccc(C(CC)(CC)c2ccc(OCCC(O)(CC)CC)c(C)c2)n1CC. The van der Waals surface area contributed by atoms with Crippen LogP contribution in [0.1, 0.15) is 114 Å². The Morgan fingerprint density at radius 2 is 1.68 bits per heavy atom. The fourth-order valence-electron chi connectivity index (χ4n) is 5.55. The summed E-state index contributed by atoms with van der Waals surface area (Å²) in [6.07, 6.45) is 4.71. The highest BCUT2D eigenvalue weighted by atomic mass is 16.5. The summed E-state index contributed by atoms with van der Waals surface area (Å²) < 4.78 is 8.22. The summed E-state index contributed by atoms with van der Waals surface area (Å²) in [5.74, 6) is 0.897. The average Bonchev–Trinajstić information content (AvgIpc) is 3.37. The molecule has 2 rings (SSSR count). The highest BCUT2D eigenvalue weighted by Crippen LogP contribution is 2.41. The standard InChI is InChI=1S/C32H52N2O4/c1-9-23(7)26(22-35)33-30(36)27-16-18-29(34(27)14-6)32(12-4,13-5)25-15-17-28(24(8)21-25)38-20-19-31(37,10-2)11-3/h15-18,21,23,26,35,37H,9-14,19-20,22H2,1-8H3,(H,33,36). The first-order valence-electron chi connectivity index (χ1n) is 14.7. The zero-order valence-electron chi connectivity index (χ0n) is 25.1. The maximum absolute atomic E-state index is 13.3. The Labute approximate surface area is 230 Å². The summed E-state index contributed by atoms with van der Waals surface area (Å²) in [5.41, 5.74) is 3.11. The molecule has 2 aromatic rings. The lowest BCUT2D eigenvalue weighted by Gasteiger charge is -2.35. The number of hydrogen-bond donors (Lipinski definition) is 3. The number of aromatic nitrogens is 1. The van der Waals surface area contributed by atoms with Gasteiger partial charge in [0.1, 0.15) is 11.4 Å². The molecule has 0 aliphatic rings. The van der Waals surface area contributed by atoms with Crippen LogP contribution in [0.15, 0.2) is 30.3 Å². The Hall–Kier alpha value is -2.31. The lowest BCUT2D eigenvalue weighted by atomic mass is 9.72. The van der Waals surface area contributed by atoms with E-state index in [4.69, 9.17) is 4.74 Å². The van der Waals surface area contributed by atoms with E-state index in [2.05, 4.69) is 62.7 Å². The average molecular weight is 529 g/mol. The van der Waals surface area contributed by atoms with Crippen LogP contribution in [0.4, 0.5) is 0 Å². The molecule has 1 aromatic carbocycles. The van der Waals surface area contributed by atoms with Gasteiger partial charge in [-0.05, 0) is 74.8 Å². The van der Waals surface area contributed by atoms with Gasteiger partial charge in [0.2, 0.25) is 0 Å². The summed E-state index contributed by atoms with van der Waals surface area (Å²) in [6, 6.07) is 10.2. The van der Waals surface area contributed by atoms with Gasteiger partial charge in [-0.3, -0.25) is 4.79 Å². The van der Waals surface area contributed by atoms with Crippen molar-refractivity contribution in [1.29, 1.82) is 0 Å². The number of ether oxygens (including phenoxy) is 1. The van der Waals surface area contributed by atoms with Crippen molar-refractivity contribution in [1.82, 2.24) is 9.88 Å². The Morgan fingerprint density at radius 1 is 1.03 bits per heavy atom. The first-order valence-corrected chi connectivity index (χ1v) is 14.7. The number of carbonyl (C=O) groups excluding carboxylic acids is 1. The van der Waals surface area contributed by atoms with Crippen molar-refractivity contribution in [3.63, 3.8) is 0 Å². The van der Waals surface area contributed by atoms with Gasteiger partial charge >= 0.3 is 0 Å². The third-order valence-corrected chi connectivity index (χ3v) is 8.94. The second-order valence-corrected chi connectivity index (χ2v) is 10.8. The molecule has 0 fully saturated rings. The van der Waals surface area contributed by atoms with Gasteiger partial charge in [-0.2, -0.15) is 0 Å². The van der Waals surface area contributed by atoms with Crippen molar-refractivity contribution < 1.29 is 19.7 Å². The molecule has 1 amide bonds. The molecule has 1 aromatic heterocycles. The van der Waals surface area contributed by atoms with Crippen LogP contribution in [0.2, 0.25) is 0 Å². The van der Waals surface area contributed by atoms with Gasteiger partial charge in [-0.15, -0.1) is 0 Å². The predicted octanol–water partition coefficient (Wildman–Crippen LogP) is 6.38. The second-order valence-electron chi connectivity index (χ2n) is 10.8. The van der Waals surface area contributed by atoms with E-state index in [1.165, 1.54) is 5.56 Å². The minimum absolute atomic E-state index is 0.0713. The fraction of sp³-hybridized carbons (Fsp3) is 0.656. The molecule has 0 aliphatic carbocycles. The van der Waals surface area contributed by atoms with Gasteiger partial charge in [0.25, 0.3) is 5.91 Å². The van der Waals surface area contributed by atoms with Gasteiger partial charge < -0.3 is 24.8 Å². The van der Waals surface area contributed by atoms with Crippen molar-refractivity contribution in [2.45, 2.75) is 118 Å². The third-order valence-electron chi connectivity index (χ3n) is 8.94. The minimum atomic E-state index is -0.672. The van der Waals surface area contributed by atoms with Gasteiger partial charge in [0, 0.05) is 24.1 Å². The molecule has 38 heavy (non-hydrogen) atoms. The van der Waals surface area contributed by atoms with E-state index < -0.39 is 5.60 Å². The van der Waals surface area contributed by atoms with Crippen LogP contribution in [-0.2, 0) is 12.0 Å².